The maximum absolute atomic E-state index is 6.10. The third-order valence-electron chi connectivity index (χ3n) is 4.07. The Labute approximate surface area is 123 Å². The van der Waals surface area contributed by atoms with Crippen LogP contribution in [0.3, 0.4) is 0 Å². The van der Waals surface area contributed by atoms with Crippen LogP contribution in [0.2, 0.25) is 0 Å². The fourth-order valence-corrected chi connectivity index (χ4v) is 2.92. The van der Waals surface area contributed by atoms with Gasteiger partial charge in [-0.25, -0.2) is 4.98 Å². The van der Waals surface area contributed by atoms with Crippen LogP contribution in [0.4, 0.5) is 5.82 Å². The van der Waals surface area contributed by atoms with Gasteiger partial charge in [0, 0.05) is 17.3 Å². The van der Waals surface area contributed by atoms with Crippen molar-refractivity contribution in [2.24, 2.45) is 0 Å². The average molecular weight is 278 g/mol. The van der Waals surface area contributed by atoms with Crippen LogP contribution in [0, 0.1) is 0 Å². The summed E-state index contributed by atoms with van der Waals surface area (Å²) in [6, 6.07) is 4.22. The molecule has 1 heterocycles. The number of likely N-dealkylation sites (N-methyl/N-ethyl adjacent to an activating group) is 1. The Morgan fingerprint density at radius 2 is 1.95 bits per heavy atom. The molecule has 1 unspecified atom stereocenters. The molecule has 114 valence electrons. The minimum Gasteiger partial charge on any atom is -0.383 e. The Kier molecular flexibility index (Phi) is 6.43. The van der Waals surface area contributed by atoms with Crippen LogP contribution < -0.4 is 11.1 Å². The van der Waals surface area contributed by atoms with E-state index < -0.39 is 0 Å². The zero-order valence-electron chi connectivity index (χ0n) is 13.6. The summed E-state index contributed by atoms with van der Waals surface area (Å²) < 4.78 is 0. The second kappa shape index (κ2) is 7.60. The lowest BCUT2D eigenvalue weighted by atomic mass is 9.86. The van der Waals surface area contributed by atoms with Crippen LogP contribution in [0.25, 0.3) is 0 Å². The van der Waals surface area contributed by atoms with Crippen molar-refractivity contribution in [2.45, 2.75) is 52.6 Å². The summed E-state index contributed by atoms with van der Waals surface area (Å²) in [6.07, 6.45) is 2.85. The number of hydrogen-bond donors (Lipinski definition) is 2. The van der Waals surface area contributed by atoms with Crippen molar-refractivity contribution in [1.29, 1.82) is 0 Å². The van der Waals surface area contributed by atoms with Gasteiger partial charge in [0.1, 0.15) is 5.82 Å². The van der Waals surface area contributed by atoms with Gasteiger partial charge in [-0.3, -0.25) is 4.90 Å². The van der Waals surface area contributed by atoms with E-state index >= 15 is 0 Å². The molecule has 0 aliphatic heterocycles. The van der Waals surface area contributed by atoms with Gasteiger partial charge in [-0.15, -0.1) is 0 Å². The molecule has 0 fully saturated rings. The van der Waals surface area contributed by atoms with E-state index in [0.717, 1.165) is 31.6 Å². The summed E-state index contributed by atoms with van der Waals surface area (Å²) in [4.78, 5) is 6.72. The minimum atomic E-state index is -0.0180. The molecule has 1 aromatic heterocycles. The van der Waals surface area contributed by atoms with Crippen molar-refractivity contribution < 1.29 is 0 Å². The first-order valence-corrected chi connectivity index (χ1v) is 7.67. The van der Waals surface area contributed by atoms with E-state index in [1.165, 1.54) is 0 Å². The maximum atomic E-state index is 6.10. The Morgan fingerprint density at radius 1 is 1.30 bits per heavy atom. The zero-order valence-corrected chi connectivity index (χ0v) is 13.6. The molecule has 0 spiro atoms. The fourth-order valence-electron chi connectivity index (χ4n) is 2.92. The highest BCUT2D eigenvalue weighted by molar-refractivity contribution is 5.42. The van der Waals surface area contributed by atoms with Crippen LogP contribution in [0.5, 0.6) is 0 Å². The highest BCUT2D eigenvalue weighted by atomic mass is 15.2. The van der Waals surface area contributed by atoms with Gasteiger partial charge in [-0.1, -0.05) is 26.8 Å². The predicted molar refractivity (Wildman–Crippen MR) is 86.7 cm³/mol. The van der Waals surface area contributed by atoms with E-state index in [1.54, 1.807) is 6.20 Å². The van der Waals surface area contributed by atoms with E-state index in [2.05, 4.69) is 55.9 Å². The lowest BCUT2D eigenvalue weighted by molar-refractivity contribution is 0.0913. The lowest BCUT2D eigenvalue weighted by Crippen LogP contribution is -2.52. The standard InChI is InChI=1S/C16H30N4/c1-6-11-18-14(13-10-9-12-19-15(13)17)16(4,5)20(7-2)8-3/h9-10,12,14,18H,6-8,11H2,1-5H3,(H2,17,19). The molecule has 0 saturated heterocycles. The van der Waals surface area contributed by atoms with Crippen molar-refractivity contribution in [3.63, 3.8) is 0 Å². The first-order valence-electron chi connectivity index (χ1n) is 7.67. The van der Waals surface area contributed by atoms with Crippen molar-refractivity contribution in [1.82, 2.24) is 15.2 Å². The van der Waals surface area contributed by atoms with Gasteiger partial charge in [-0.05, 0) is 46.0 Å². The Balaban J connectivity index is 3.14. The largest absolute Gasteiger partial charge is 0.383 e. The molecule has 0 aromatic carbocycles. The Morgan fingerprint density at radius 3 is 2.45 bits per heavy atom. The first-order chi connectivity index (χ1) is 9.48. The smallest absolute Gasteiger partial charge is 0.128 e. The summed E-state index contributed by atoms with van der Waals surface area (Å²) >= 11 is 0. The van der Waals surface area contributed by atoms with Gasteiger partial charge in [0.2, 0.25) is 0 Å². The quantitative estimate of drug-likeness (QED) is 0.768. The van der Waals surface area contributed by atoms with E-state index in [0.29, 0.717) is 5.82 Å². The van der Waals surface area contributed by atoms with E-state index in [1.807, 2.05) is 6.07 Å². The number of hydrogen-bond acceptors (Lipinski definition) is 4. The molecule has 0 radical (unpaired) electrons. The van der Waals surface area contributed by atoms with Gasteiger partial charge >= 0.3 is 0 Å². The number of nitrogen functional groups attached to an aromatic ring is 1. The Bertz CT molecular complexity index is 399. The van der Waals surface area contributed by atoms with E-state index in [9.17, 15) is 0 Å². The van der Waals surface area contributed by atoms with E-state index in [4.69, 9.17) is 5.73 Å². The van der Waals surface area contributed by atoms with Gasteiger partial charge in [0.05, 0.1) is 6.04 Å². The molecule has 4 heteroatoms. The highest BCUT2D eigenvalue weighted by Crippen LogP contribution is 2.33. The average Bonchev–Trinajstić information content (AvgIpc) is 2.42. The molecule has 0 amide bonds. The van der Waals surface area contributed by atoms with Crippen LogP contribution >= 0.6 is 0 Å². The molecule has 1 atom stereocenters. The third-order valence-corrected chi connectivity index (χ3v) is 4.07. The van der Waals surface area contributed by atoms with Crippen LogP contribution in [0.15, 0.2) is 18.3 Å². The number of rotatable bonds is 8. The number of nitrogens with one attached hydrogen (secondary N) is 1. The molecule has 4 nitrogen and oxygen atoms in total. The molecule has 0 aliphatic carbocycles. The predicted octanol–water partition coefficient (Wildman–Crippen LogP) is 2.82. The van der Waals surface area contributed by atoms with Crippen LogP contribution in [-0.4, -0.2) is 35.1 Å². The molecular formula is C16H30N4. The van der Waals surface area contributed by atoms with Crippen molar-refractivity contribution in [3.8, 4) is 0 Å². The Hall–Kier alpha value is -1.13. The number of nitrogens with two attached hydrogens (primary N) is 1. The van der Waals surface area contributed by atoms with Crippen molar-refractivity contribution >= 4 is 5.82 Å². The summed E-state index contributed by atoms with van der Waals surface area (Å²) in [5.74, 6) is 0.626. The van der Waals surface area contributed by atoms with Gasteiger partial charge in [0.25, 0.3) is 0 Å². The molecule has 20 heavy (non-hydrogen) atoms. The summed E-state index contributed by atoms with van der Waals surface area (Å²) in [5.41, 5.74) is 7.18. The zero-order chi connectivity index (χ0) is 15.2. The molecular weight excluding hydrogens is 248 g/mol. The topological polar surface area (TPSA) is 54.2 Å². The van der Waals surface area contributed by atoms with E-state index in [-0.39, 0.29) is 11.6 Å². The van der Waals surface area contributed by atoms with Crippen molar-refractivity contribution in [3.05, 3.63) is 23.9 Å². The second-order valence-electron chi connectivity index (χ2n) is 5.69. The third kappa shape index (κ3) is 3.70. The molecule has 0 bridgehead atoms. The molecule has 0 aliphatic rings. The molecule has 1 rings (SSSR count). The normalized spacial score (nSPS) is 13.7. The van der Waals surface area contributed by atoms with Gasteiger partial charge in [0.15, 0.2) is 0 Å². The monoisotopic (exact) mass is 278 g/mol. The number of nitrogens with zero attached hydrogens (tertiary/aromatic N) is 2. The maximum Gasteiger partial charge on any atom is 0.128 e. The summed E-state index contributed by atoms with van der Waals surface area (Å²) in [7, 11) is 0. The number of pyridine rings is 1. The van der Waals surface area contributed by atoms with Gasteiger partial charge < -0.3 is 11.1 Å². The molecule has 0 saturated carbocycles. The summed E-state index contributed by atoms with van der Waals surface area (Å²) in [6.45, 7) is 14.2. The van der Waals surface area contributed by atoms with Crippen LogP contribution in [-0.2, 0) is 0 Å². The lowest BCUT2D eigenvalue weighted by Gasteiger charge is -2.44. The first kappa shape index (κ1) is 16.9. The van der Waals surface area contributed by atoms with Crippen LogP contribution in [0.1, 0.15) is 52.6 Å². The molecule has 3 N–H and O–H groups in total. The number of aromatic nitrogens is 1. The highest BCUT2D eigenvalue weighted by Gasteiger charge is 2.35. The van der Waals surface area contributed by atoms with Gasteiger partial charge in [-0.2, -0.15) is 0 Å². The SMILES string of the molecule is CCCNC(c1cccnc1N)C(C)(C)N(CC)CC. The molecule has 1 aromatic rings. The fraction of sp³-hybridized carbons (Fsp3) is 0.688. The van der Waals surface area contributed by atoms with Crippen molar-refractivity contribution in [2.75, 3.05) is 25.4 Å². The number of anilines is 1. The minimum absolute atomic E-state index is 0.0180. The summed E-state index contributed by atoms with van der Waals surface area (Å²) in [5, 5.41) is 3.65. The second-order valence-corrected chi connectivity index (χ2v) is 5.69.